The number of rotatable bonds is 10. The molecule has 0 saturated heterocycles. The zero-order chi connectivity index (χ0) is 27.4. The highest BCUT2D eigenvalue weighted by Crippen LogP contribution is 2.26. The van der Waals surface area contributed by atoms with Crippen molar-refractivity contribution in [3.8, 4) is 5.75 Å². The number of anilines is 3. The third kappa shape index (κ3) is 6.80. The van der Waals surface area contributed by atoms with Crippen molar-refractivity contribution in [2.75, 3.05) is 27.2 Å². The molecule has 1 amide bonds. The first-order chi connectivity index (χ1) is 17.3. The Balaban J connectivity index is 1.77. The summed E-state index contributed by atoms with van der Waals surface area (Å²) >= 11 is 0. The Bertz CT molecular complexity index is 1450. The monoisotopic (exact) mass is 545 g/mol. The molecule has 2 N–H and O–H groups in total. The maximum Gasteiger partial charge on any atom is 0.261 e. The lowest BCUT2D eigenvalue weighted by molar-refractivity contribution is -0.116. The summed E-state index contributed by atoms with van der Waals surface area (Å²) in [5.41, 5.74) is 2.74. The number of benzene rings is 3. The molecule has 0 spiro atoms. The highest BCUT2D eigenvalue weighted by Gasteiger charge is 2.29. The number of hydrogen-bond acceptors (Lipinski definition) is 6. The lowest BCUT2D eigenvalue weighted by Gasteiger charge is -2.28. The van der Waals surface area contributed by atoms with Crippen LogP contribution >= 0.6 is 0 Å². The summed E-state index contributed by atoms with van der Waals surface area (Å²) in [5.74, 6) is 0.00231. The molecule has 3 rings (SSSR count). The molecule has 11 heteroatoms. The van der Waals surface area contributed by atoms with Gasteiger partial charge in [-0.15, -0.1) is 0 Å². The van der Waals surface area contributed by atoms with Gasteiger partial charge in [-0.05, 0) is 87.4 Å². The number of para-hydroxylation sites is 1. The van der Waals surface area contributed by atoms with Crippen LogP contribution in [0.15, 0.2) is 71.6 Å². The zero-order valence-corrected chi connectivity index (χ0v) is 23.0. The number of sulfonamides is 2. The van der Waals surface area contributed by atoms with E-state index >= 15 is 0 Å². The van der Waals surface area contributed by atoms with Crippen molar-refractivity contribution in [2.24, 2.45) is 0 Å². The second kappa shape index (κ2) is 11.2. The molecule has 0 aromatic heterocycles. The number of aryl methyl sites for hydroxylation is 2. The van der Waals surface area contributed by atoms with E-state index in [1.165, 1.54) is 31.2 Å². The van der Waals surface area contributed by atoms with Crippen LogP contribution in [0.2, 0.25) is 0 Å². The molecule has 0 fully saturated rings. The molecular weight excluding hydrogens is 514 g/mol. The summed E-state index contributed by atoms with van der Waals surface area (Å²) in [6, 6.07) is 16.4. The van der Waals surface area contributed by atoms with Crippen LogP contribution in [-0.4, -0.2) is 41.6 Å². The van der Waals surface area contributed by atoms with Gasteiger partial charge in [-0.25, -0.2) is 16.8 Å². The van der Waals surface area contributed by atoms with Crippen LogP contribution in [0.4, 0.5) is 17.1 Å². The molecule has 0 radical (unpaired) electrons. The van der Waals surface area contributed by atoms with Gasteiger partial charge in [-0.3, -0.25) is 13.8 Å². The van der Waals surface area contributed by atoms with Crippen molar-refractivity contribution >= 4 is 43.0 Å². The average molecular weight is 546 g/mol. The first-order valence-electron chi connectivity index (χ1n) is 11.6. The highest BCUT2D eigenvalue weighted by molar-refractivity contribution is 7.92. The Kier molecular flexibility index (Phi) is 8.49. The van der Waals surface area contributed by atoms with Crippen LogP contribution in [0.1, 0.15) is 25.0 Å². The number of carbonyl (C=O) groups excluding carboxylic acids is 1. The fourth-order valence-electron chi connectivity index (χ4n) is 3.80. The first kappa shape index (κ1) is 28.0. The normalized spacial score (nSPS) is 12.5. The molecule has 1 atom stereocenters. The van der Waals surface area contributed by atoms with Crippen molar-refractivity contribution in [1.82, 2.24) is 0 Å². The van der Waals surface area contributed by atoms with E-state index in [1.807, 2.05) is 39.0 Å². The lowest BCUT2D eigenvalue weighted by atomic mass is 10.1. The molecule has 198 valence electrons. The topological polar surface area (TPSA) is 122 Å². The molecular formula is C26H31N3O6S2. The zero-order valence-electron chi connectivity index (χ0n) is 21.3. The Labute approximate surface area is 218 Å². The molecule has 0 aliphatic rings. The summed E-state index contributed by atoms with van der Waals surface area (Å²) in [7, 11) is -7.66. The van der Waals surface area contributed by atoms with E-state index < -0.39 is 32.0 Å². The van der Waals surface area contributed by atoms with Crippen LogP contribution in [0, 0.1) is 13.8 Å². The molecule has 3 aromatic carbocycles. The minimum Gasteiger partial charge on any atom is -0.494 e. The van der Waals surface area contributed by atoms with Gasteiger partial charge in [0.1, 0.15) is 11.8 Å². The van der Waals surface area contributed by atoms with Crippen molar-refractivity contribution in [1.29, 1.82) is 0 Å². The van der Waals surface area contributed by atoms with Crippen molar-refractivity contribution in [3.63, 3.8) is 0 Å². The van der Waals surface area contributed by atoms with Crippen molar-refractivity contribution in [3.05, 3.63) is 77.9 Å². The maximum absolute atomic E-state index is 13.0. The van der Waals surface area contributed by atoms with Gasteiger partial charge in [0.2, 0.25) is 15.9 Å². The first-order valence-corrected chi connectivity index (χ1v) is 14.9. The van der Waals surface area contributed by atoms with Crippen molar-refractivity contribution in [2.45, 2.75) is 38.6 Å². The third-order valence-electron chi connectivity index (χ3n) is 5.64. The van der Waals surface area contributed by atoms with E-state index in [0.717, 1.165) is 21.7 Å². The van der Waals surface area contributed by atoms with Crippen LogP contribution in [0.25, 0.3) is 0 Å². The van der Waals surface area contributed by atoms with E-state index in [2.05, 4.69) is 10.0 Å². The maximum atomic E-state index is 13.0. The molecule has 0 aliphatic carbocycles. The Morgan fingerprint density at radius 2 is 1.49 bits per heavy atom. The van der Waals surface area contributed by atoms with Gasteiger partial charge in [-0.1, -0.05) is 18.2 Å². The van der Waals surface area contributed by atoms with E-state index in [9.17, 15) is 21.6 Å². The standard InChI is InChI=1S/C26H31N3O6S2/c1-6-35-23-14-12-22(13-15-23)29(36(5,31)32)20(4)26(30)27-21-10-16-24(17-11-21)37(33,34)28-25-18(2)8-7-9-19(25)3/h7-17,20,28H,6H2,1-5H3,(H,27,30). The summed E-state index contributed by atoms with van der Waals surface area (Å²) in [6.07, 6.45) is 1.02. The Morgan fingerprint density at radius 1 is 0.919 bits per heavy atom. The van der Waals surface area contributed by atoms with Gasteiger partial charge in [0.25, 0.3) is 10.0 Å². The van der Waals surface area contributed by atoms with Crippen molar-refractivity contribution < 1.29 is 26.4 Å². The molecule has 37 heavy (non-hydrogen) atoms. The molecule has 9 nitrogen and oxygen atoms in total. The summed E-state index contributed by atoms with van der Waals surface area (Å²) in [4.78, 5) is 13.0. The van der Waals surface area contributed by atoms with Gasteiger partial charge in [0, 0.05) is 5.69 Å². The molecule has 1 unspecified atom stereocenters. The number of amides is 1. The van der Waals surface area contributed by atoms with Gasteiger partial charge >= 0.3 is 0 Å². The van der Waals surface area contributed by atoms with E-state index in [1.54, 1.807) is 24.3 Å². The molecule has 3 aromatic rings. The van der Waals surface area contributed by atoms with E-state index in [-0.39, 0.29) is 4.90 Å². The number of carbonyl (C=O) groups is 1. The number of nitrogens with one attached hydrogen (secondary N) is 2. The lowest BCUT2D eigenvalue weighted by Crippen LogP contribution is -2.45. The number of nitrogens with zero attached hydrogens (tertiary/aromatic N) is 1. The predicted molar refractivity (Wildman–Crippen MR) is 146 cm³/mol. The van der Waals surface area contributed by atoms with Gasteiger partial charge in [0.05, 0.1) is 29.1 Å². The predicted octanol–water partition coefficient (Wildman–Crippen LogP) is 4.30. The van der Waals surface area contributed by atoms with E-state index in [4.69, 9.17) is 4.74 Å². The van der Waals surface area contributed by atoms with Gasteiger partial charge < -0.3 is 10.1 Å². The number of hydrogen-bond donors (Lipinski definition) is 2. The molecule has 0 bridgehead atoms. The molecule has 0 heterocycles. The molecule has 0 aliphatic heterocycles. The quantitative estimate of drug-likeness (QED) is 0.392. The molecule has 0 saturated carbocycles. The SMILES string of the molecule is CCOc1ccc(N(C(C)C(=O)Nc2ccc(S(=O)(=O)Nc3c(C)cccc3C)cc2)S(C)(=O)=O)cc1. The fourth-order valence-corrected chi connectivity index (χ4v) is 6.18. The number of ether oxygens (including phenoxy) is 1. The third-order valence-corrected chi connectivity index (χ3v) is 8.25. The van der Waals surface area contributed by atoms with Gasteiger partial charge in [-0.2, -0.15) is 0 Å². The Hall–Kier alpha value is -3.57. The highest BCUT2D eigenvalue weighted by atomic mass is 32.2. The van der Waals surface area contributed by atoms with E-state index in [0.29, 0.717) is 29.4 Å². The minimum absolute atomic E-state index is 0.0216. The Morgan fingerprint density at radius 3 is 2.00 bits per heavy atom. The summed E-state index contributed by atoms with van der Waals surface area (Å²) in [6.45, 7) is 7.41. The second-order valence-corrected chi connectivity index (χ2v) is 12.1. The minimum atomic E-state index is -3.86. The van der Waals surface area contributed by atoms with Gasteiger partial charge in [0.15, 0.2) is 0 Å². The van der Waals surface area contributed by atoms with Crippen LogP contribution < -0.4 is 19.1 Å². The van der Waals surface area contributed by atoms with Crippen LogP contribution in [0.3, 0.4) is 0 Å². The fraction of sp³-hybridized carbons (Fsp3) is 0.269. The second-order valence-electron chi connectivity index (χ2n) is 8.55. The smallest absolute Gasteiger partial charge is 0.261 e. The average Bonchev–Trinajstić information content (AvgIpc) is 2.82. The van der Waals surface area contributed by atoms with Crippen LogP contribution in [-0.2, 0) is 24.8 Å². The summed E-state index contributed by atoms with van der Waals surface area (Å²) in [5, 5.41) is 2.66. The summed E-state index contributed by atoms with van der Waals surface area (Å²) < 4.78 is 59.9. The van der Waals surface area contributed by atoms with Crippen LogP contribution in [0.5, 0.6) is 5.75 Å². The largest absolute Gasteiger partial charge is 0.494 e.